The molecule has 2 nitrogen and oxygen atoms in total. The van der Waals surface area contributed by atoms with Gasteiger partial charge < -0.3 is 10.2 Å². The maximum absolute atomic E-state index is 13.2. The molecule has 0 radical (unpaired) electrons. The van der Waals surface area contributed by atoms with Crippen LogP contribution in [0.25, 0.3) is 0 Å². The molecule has 0 bridgehead atoms. The fourth-order valence-electron chi connectivity index (χ4n) is 2.43. The van der Waals surface area contributed by atoms with Crippen LogP contribution in [0.4, 0.5) is 10.1 Å². The molecule has 1 saturated heterocycles. The monoisotopic (exact) mass is 236 g/mol. The van der Waals surface area contributed by atoms with Crippen LogP contribution in [0.2, 0.25) is 0 Å². The number of benzene rings is 1. The molecule has 1 heterocycles. The smallest absolute Gasteiger partial charge is 0.126 e. The summed E-state index contributed by atoms with van der Waals surface area (Å²) in [5, 5.41) is 3.55. The van der Waals surface area contributed by atoms with Gasteiger partial charge in [0, 0.05) is 30.9 Å². The molecule has 1 aliphatic heterocycles. The summed E-state index contributed by atoms with van der Waals surface area (Å²) in [5.74, 6) is -0.121. The van der Waals surface area contributed by atoms with Crippen molar-refractivity contribution in [3.05, 3.63) is 29.6 Å². The van der Waals surface area contributed by atoms with E-state index in [1.807, 2.05) is 19.1 Å². The zero-order chi connectivity index (χ0) is 12.4. The number of hydrogen-bond donors (Lipinski definition) is 1. The minimum Gasteiger partial charge on any atom is -0.370 e. The van der Waals surface area contributed by atoms with Gasteiger partial charge in [-0.25, -0.2) is 4.39 Å². The lowest BCUT2D eigenvalue weighted by Gasteiger charge is -2.20. The summed E-state index contributed by atoms with van der Waals surface area (Å²) in [4.78, 5) is 2.33. The lowest BCUT2D eigenvalue weighted by Crippen LogP contribution is -2.37. The summed E-state index contributed by atoms with van der Waals surface area (Å²) < 4.78 is 13.2. The van der Waals surface area contributed by atoms with Gasteiger partial charge in [0.25, 0.3) is 0 Å². The molecule has 2 rings (SSSR count). The van der Waals surface area contributed by atoms with E-state index in [-0.39, 0.29) is 5.82 Å². The Balaban J connectivity index is 2.02. The van der Waals surface area contributed by atoms with E-state index in [0.717, 1.165) is 30.8 Å². The fraction of sp³-hybridized carbons (Fsp3) is 0.571. The van der Waals surface area contributed by atoms with Crippen LogP contribution in [0.5, 0.6) is 0 Å². The number of hydrogen-bond acceptors (Lipinski definition) is 2. The molecule has 1 aromatic carbocycles. The van der Waals surface area contributed by atoms with Crippen LogP contribution >= 0.6 is 0 Å². The highest BCUT2D eigenvalue weighted by molar-refractivity contribution is 5.49. The van der Waals surface area contributed by atoms with Gasteiger partial charge in [-0.3, -0.25) is 0 Å². The number of nitrogens with one attached hydrogen (secondary N) is 1. The van der Waals surface area contributed by atoms with Crippen molar-refractivity contribution in [1.82, 2.24) is 5.32 Å². The van der Waals surface area contributed by atoms with Crippen molar-refractivity contribution in [2.45, 2.75) is 39.3 Å². The summed E-state index contributed by atoms with van der Waals surface area (Å²) in [7, 11) is 0. The van der Waals surface area contributed by atoms with Crippen molar-refractivity contribution in [3.8, 4) is 0 Å². The molecule has 0 aromatic heterocycles. The normalized spacial score (nSPS) is 20.3. The van der Waals surface area contributed by atoms with Gasteiger partial charge in [-0.05, 0) is 37.1 Å². The van der Waals surface area contributed by atoms with Gasteiger partial charge in [0.1, 0.15) is 5.82 Å². The molecule has 94 valence electrons. The van der Waals surface area contributed by atoms with Crippen molar-refractivity contribution in [3.63, 3.8) is 0 Å². The first-order valence-electron chi connectivity index (χ1n) is 6.33. The van der Waals surface area contributed by atoms with E-state index in [4.69, 9.17) is 0 Å². The molecule has 1 N–H and O–H groups in total. The number of halogens is 1. The van der Waals surface area contributed by atoms with Gasteiger partial charge >= 0.3 is 0 Å². The highest BCUT2D eigenvalue weighted by atomic mass is 19.1. The predicted octanol–water partition coefficient (Wildman–Crippen LogP) is 2.71. The summed E-state index contributed by atoms with van der Waals surface area (Å²) in [6.07, 6.45) is 1.16. The number of aryl methyl sites for hydroxylation is 1. The molecule has 1 aliphatic rings. The minimum absolute atomic E-state index is 0.121. The Kier molecular flexibility index (Phi) is 3.67. The lowest BCUT2D eigenvalue weighted by molar-refractivity contribution is 0.492. The SMILES string of the molecule is Cc1cc(N2CCC(NC(C)C)C2)ccc1F. The van der Waals surface area contributed by atoms with Gasteiger partial charge in [-0.15, -0.1) is 0 Å². The van der Waals surface area contributed by atoms with Crippen LogP contribution in [-0.2, 0) is 0 Å². The van der Waals surface area contributed by atoms with Gasteiger partial charge in [-0.2, -0.15) is 0 Å². The predicted molar refractivity (Wildman–Crippen MR) is 70.0 cm³/mol. The van der Waals surface area contributed by atoms with Gasteiger partial charge in [0.15, 0.2) is 0 Å². The van der Waals surface area contributed by atoms with E-state index in [0.29, 0.717) is 12.1 Å². The average Bonchev–Trinajstić information content (AvgIpc) is 2.69. The third-order valence-electron chi connectivity index (χ3n) is 3.26. The van der Waals surface area contributed by atoms with Crippen molar-refractivity contribution in [1.29, 1.82) is 0 Å². The van der Waals surface area contributed by atoms with E-state index in [1.165, 1.54) is 0 Å². The second-order valence-electron chi connectivity index (χ2n) is 5.19. The molecule has 0 saturated carbocycles. The van der Waals surface area contributed by atoms with E-state index >= 15 is 0 Å². The first-order valence-corrected chi connectivity index (χ1v) is 6.33. The van der Waals surface area contributed by atoms with Crippen LogP contribution < -0.4 is 10.2 Å². The minimum atomic E-state index is -0.121. The molecule has 1 aromatic rings. The van der Waals surface area contributed by atoms with Crippen molar-refractivity contribution < 1.29 is 4.39 Å². The van der Waals surface area contributed by atoms with Gasteiger partial charge in [0.2, 0.25) is 0 Å². The summed E-state index contributed by atoms with van der Waals surface area (Å²) >= 11 is 0. The molecule has 1 fully saturated rings. The van der Waals surface area contributed by atoms with Crippen LogP contribution in [0.15, 0.2) is 18.2 Å². The number of anilines is 1. The Morgan fingerprint density at radius 3 is 2.82 bits per heavy atom. The van der Waals surface area contributed by atoms with E-state index in [2.05, 4.69) is 24.1 Å². The Bertz CT molecular complexity index is 390. The molecular weight excluding hydrogens is 215 g/mol. The van der Waals surface area contributed by atoms with Crippen LogP contribution in [0, 0.1) is 12.7 Å². The maximum atomic E-state index is 13.2. The fourth-order valence-corrected chi connectivity index (χ4v) is 2.43. The summed E-state index contributed by atoms with van der Waals surface area (Å²) in [6, 6.07) is 6.45. The van der Waals surface area contributed by atoms with E-state index in [9.17, 15) is 4.39 Å². The highest BCUT2D eigenvalue weighted by Crippen LogP contribution is 2.22. The van der Waals surface area contributed by atoms with Crippen LogP contribution in [0.3, 0.4) is 0 Å². The van der Waals surface area contributed by atoms with Crippen LogP contribution in [0.1, 0.15) is 25.8 Å². The molecular formula is C14H21FN2. The largest absolute Gasteiger partial charge is 0.370 e. The topological polar surface area (TPSA) is 15.3 Å². The third-order valence-corrected chi connectivity index (χ3v) is 3.26. The van der Waals surface area contributed by atoms with Crippen molar-refractivity contribution in [2.24, 2.45) is 0 Å². The highest BCUT2D eigenvalue weighted by Gasteiger charge is 2.23. The van der Waals surface area contributed by atoms with Crippen molar-refractivity contribution >= 4 is 5.69 Å². The first kappa shape index (κ1) is 12.4. The lowest BCUT2D eigenvalue weighted by atomic mass is 10.2. The first-order chi connectivity index (χ1) is 8.06. The number of nitrogens with zero attached hydrogens (tertiary/aromatic N) is 1. The standard InChI is InChI=1S/C14H21FN2/c1-10(2)16-12-6-7-17(9-12)13-4-5-14(15)11(3)8-13/h4-5,8,10,12,16H,6-7,9H2,1-3H3. The zero-order valence-electron chi connectivity index (χ0n) is 10.8. The zero-order valence-corrected chi connectivity index (χ0v) is 10.8. The molecule has 0 amide bonds. The molecule has 1 atom stereocenters. The molecule has 17 heavy (non-hydrogen) atoms. The average molecular weight is 236 g/mol. The van der Waals surface area contributed by atoms with E-state index in [1.54, 1.807) is 6.07 Å². The van der Waals surface area contributed by atoms with Crippen LogP contribution in [-0.4, -0.2) is 25.2 Å². The Labute approximate surface area is 103 Å². The Hall–Kier alpha value is -1.09. The molecule has 0 spiro atoms. The Morgan fingerprint density at radius 2 is 2.18 bits per heavy atom. The number of rotatable bonds is 3. The molecule has 0 aliphatic carbocycles. The second-order valence-corrected chi connectivity index (χ2v) is 5.19. The van der Waals surface area contributed by atoms with Gasteiger partial charge in [0.05, 0.1) is 0 Å². The van der Waals surface area contributed by atoms with E-state index < -0.39 is 0 Å². The summed E-state index contributed by atoms with van der Waals surface area (Å²) in [5.41, 5.74) is 1.86. The second kappa shape index (κ2) is 5.05. The molecule has 1 unspecified atom stereocenters. The summed E-state index contributed by atoms with van der Waals surface area (Å²) in [6.45, 7) is 8.23. The third kappa shape index (κ3) is 2.97. The van der Waals surface area contributed by atoms with Gasteiger partial charge in [-0.1, -0.05) is 13.8 Å². The Morgan fingerprint density at radius 1 is 1.41 bits per heavy atom. The van der Waals surface area contributed by atoms with Crippen molar-refractivity contribution in [2.75, 3.05) is 18.0 Å². The quantitative estimate of drug-likeness (QED) is 0.868. The molecule has 3 heteroatoms. The maximum Gasteiger partial charge on any atom is 0.126 e.